The predicted octanol–water partition coefficient (Wildman–Crippen LogP) is 3.88. The van der Waals surface area contributed by atoms with E-state index in [-0.39, 0.29) is 0 Å². The van der Waals surface area contributed by atoms with Crippen molar-refractivity contribution in [2.24, 2.45) is 5.73 Å². The fourth-order valence-electron chi connectivity index (χ4n) is 2.25. The van der Waals surface area contributed by atoms with Crippen molar-refractivity contribution in [3.63, 3.8) is 0 Å². The molecule has 0 aromatic heterocycles. The van der Waals surface area contributed by atoms with Gasteiger partial charge in [0.25, 0.3) is 0 Å². The molecule has 0 aliphatic heterocycles. The number of fused-ring (bicyclic) bond motifs is 1. The van der Waals surface area contributed by atoms with Crippen LogP contribution in [0.4, 0.5) is 0 Å². The summed E-state index contributed by atoms with van der Waals surface area (Å²) in [6.45, 7) is 1.14. The lowest BCUT2D eigenvalue weighted by Crippen LogP contribution is -1.98. The highest BCUT2D eigenvalue weighted by atomic mass is 16.5. The Balaban J connectivity index is 1.79. The van der Waals surface area contributed by atoms with Gasteiger partial charge in [-0.3, -0.25) is 0 Å². The molecule has 0 saturated carbocycles. The predicted molar refractivity (Wildman–Crippen MR) is 82.6 cm³/mol. The third-order valence-corrected chi connectivity index (χ3v) is 3.40. The van der Waals surface area contributed by atoms with E-state index >= 15 is 0 Å². The van der Waals surface area contributed by atoms with Crippen molar-refractivity contribution in [2.75, 3.05) is 0 Å². The second-order valence-electron chi connectivity index (χ2n) is 4.79. The van der Waals surface area contributed by atoms with Crippen molar-refractivity contribution in [3.05, 3.63) is 77.9 Å². The Morgan fingerprint density at radius 1 is 0.750 bits per heavy atom. The summed E-state index contributed by atoms with van der Waals surface area (Å²) in [4.78, 5) is 0. The SMILES string of the molecule is NCc1ccc(COc2cccc3ccccc23)cc1. The first-order chi connectivity index (χ1) is 9.86. The van der Waals surface area contributed by atoms with Crippen LogP contribution in [0.3, 0.4) is 0 Å². The minimum absolute atomic E-state index is 0.568. The first kappa shape index (κ1) is 12.7. The van der Waals surface area contributed by atoms with Crippen molar-refractivity contribution in [3.8, 4) is 5.75 Å². The van der Waals surface area contributed by atoms with Gasteiger partial charge in [0.15, 0.2) is 0 Å². The number of benzene rings is 3. The summed E-state index contributed by atoms with van der Waals surface area (Å²) in [5.74, 6) is 0.922. The van der Waals surface area contributed by atoms with Gasteiger partial charge in [-0.2, -0.15) is 0 Å². The fourth-order valence-corrected chi connectivity index (χ4v) is 2.25. The zero-order valence-corrected chi connectivity index (χ0v) is 11.3. The molecule has 3 rings (SSSR count). The third kappa shape index (κ3) is 2.65. The van der Waals surface area contributed by atoms with Gasteiger partial charge in [0, 0.05) is 11.9 Å². The molecular weight excluding hydrogens is 246 g/mol. The molecule has 0 amide bonds. The van der Waals surface area contributed by atoms with Crippen LogP contribution in [0.5, 0.6) is 5.75 Å². The van der Waals surface area contributed by atoms with Crippen LogP contribution in [0.2, 0.25) is 0 Å². The molecule has 2 N–H and O–H groups in total. The molecule has 3 aromatic rings. The zero-order valence-electron chi connectivity index (χ0n) is 11.3. The van der Waals surface area contributed by atoms with Crippen LogP contribution in [-0.4, -0.2) is 0 Å². The average Bonchev–Trinajstić information content (AvgIpc) is 2.53. The van der Waals surface area contributed by atoms with Crippen LogP contribution in [0.1, 0.15) is 11.1 Å². The minimum Gasteiger partial charge on any atom is -0.488 e. The molecule has 2 nitrogen and oxygen atoms in total. The van der Waals surface area contributed by atoms with Crippen molar-refractivity contribution in [1.29, 1.82) is 0 Å². The van der Waals surface area contributed by atoms with Gasteiger partial charge in [-0.05, 0) is 22.6 Å². The Labute approximate surface area is 118 Å². The summed E-state index contributed by atoms with van der Waals surface area (Å²) in [7, 11) is 0. The number of nitrogens with two attached hydrogens (primary N) is 1. The molecule has 0 bridgehead atoms. The third-order valence-electron chi connectivity index (χ3n) is 3.40. The lowest BCUT2D eigenvalue weighted by molar-refractivity contribution is 0.310. The summed E-state index contributed by atoms with van der Waals surface area (Å²) < 4.78 is 5.95. The summed E-state index contributed by atoms with van der Waals surface area (Å²) >= 11 is 0. The zero-order chi connectivity index (χ0) is 13.8. The highest BCUT2D eigenvalue weighted by molar-refractivity contribution is 5.88. The Bertz CT molecular complexity index is 699. The van der Waals surface area contributed by atoms with E-state index in [0.29, 0.717) is 13.2 Å². The van der Waals surface area contributed by atoms with E-state index in [2.05, 4.69) is 30.3 Å². The molecule has 0 atom stereocenters. The highest BCUT2D eigenvalue weighted by Gasteiger charge is 2.01. The standard InChI is InChI=1S/C18H17NO/c19-12-14-8-10-15(11-9-14)13-20-18-7-3-5-16-4-1-2-6-17(16)18/h1-11H,12-13,19H2. The molecule has 0 spiro atoms. The highest BCUT2D eigenvalue weighted by Crippen LogP contribution is 2.25. The van der Waals surface area contributed by atoms with Gasteiger partial charge in [0.1, 0.15) is 12.4 Å². The molecule has 0 radical (unpaired) electrons. The summed E-state index contributed by atoms with van der Waals surface area (Å²) in [5.41, 5.74) is 7.88. The first-order valence-electron chi connectivity index (χ1n) is 6.75. The minimum atomic E-state index is 0.568. The Morgan fingerprint density at radius 2 is 1.45 bits per heavy atom. The van der Waals surface area contributed by atoms with Crippen LogP contribution in [0.15, 0.2) is 66.7 Å². The van der Waals surface area contributed by atoms with E-state index in [4.69, 9.17) is 10.5 Å². The number of hydrogen-bond acceptors (Lipinski definition) is 2. The Hall–Kier alpha value is -2.32. The van der Waals surface area contributed by atoms with E-state index in [1.165, 1.54) is 5.39 Å². The smallest absolute Gasteiger partial charge is 0.127 e. The fraction of sp³-hybridized carbons (Fsp3) is 0.111. The summed E-state index contributed by atoms with van der Waals surface area (Å²) in [6.07, 6.45) is 0. The van der Waals surface area contributed by atoms with E-state index in [1.807, 2.05) is 36.4 Å². The van der Waals surface area contributed by atoms with Gasteiger partial charge >= 0.3 is 0 Å². The maximum Gasteiger partial charge on any atom is 0.127 e. The molecule has 2 heteroatoms. The van der Waals surface area contributed by atoms with Gasteiger partial charge in [0.05, 0.1) is 0 Å². The van der Waals surface area contributed by atoms with E-state index < -0.39 is 0 Å². The number of rotatable bonds is 4. The second kappa shape index (κ2) is 5.76. The van der Waals surface area contributed by atoms with Crippen LogP contribution in [0, 0.1) is 0 Å². The van der Waals surface area contributed by atoms with Crippen molar-refractivity contribution in [1.82, 2.24) is 0 Å². The molecule has 0 aliphatic rings. The molecule has 100 valence electrons. The number of hydrogen-bond donors (Lipinski definition) is 1. The van der Waals surface area contributed by atoms with Crippen LogP contribution in [0.25, 0.3) is 10.8 Å². The maximum atomic E-state index is 5.95. The summed E-state index contributed by atoms with van der Waals surface area (Å²) in [6, 6.07) is 22.6. The molecule has 0 unspecified atom stereocenters. The quantitative estimate of drug-likeness (QED) is 0.775. The van der Waals surface area contributed by atoms with Gasteiger partial charge in [-0.1, -0.05) is 60.7 Å². The lowest BCUT2D eigenvalue weighted by Gasteiger charge is -2.09. The largest absolute Gasteiger partial charge is 0.488 e. The summed E-state index contributed by atoms with van der Waals surface area (Å²) in [5, 5.41) is 2.34. The Morgan fingerprint density at radius 3 is 2.25 bits per heavy atom. The molecule has 3 aromatic carbocycles. The van der Waals surface area contributed by atoms with Gasteiger partial charge in [0.2, 0.25) is 0 Å². The molecule has 0 saturated heterocycles. The Kier molecular flexibility index (Phi) is 3.66. The van der Waals surface area contributed by atoms with E-state index in [1.54, 1.807) is 0 Å². The molecule has 0 fully saturated rings. The van der Waals surface area contributed by atoms with Gasteiger partial charge < -0.3 is 10.5 Å². The lowest BCUT2D eigenvalue weighted by atomic mass is 10.1. The average molecular weight is 263 g/mol. The van der Waals surface area contributed by atoms with Gasteiger partial charge in [-0.15, -0.1) is 0 Å². The molecule has 0 aliphatic carbocycles. The van der Waals surface area contributed by atoms with Crippen molar-refractivity contribution >= 4 is 10.8 Å². The molecule has 0 heterocycles. The van der Waals surface area contributed by atoms with Gasteiger partial charge in [-0.25, -0.2) is 0 Å². The first-order valence-corrected chi connectivity index (χ1v) is 6.75. The number of ether oxygens (including phenoxy) is 1. The van der Waals surface area contributed by atoms with E-state index in [0.717, 1.165) is 22.3 Å². The molecular formula is C18H17NO. The monoisotopic (exact) mass is 263 g/mol. The molecule has 20 heavy (non-hydrogen) atoms. The normalized spacial score (nSPS) is 10.7. The maximum absolute atomic E-state index is 5.95. The van der Waals surface area contributed by atoms with Crippen molar-refractivity contribution < 1.29 is 4.74 Å². The van der Waals surface area contributed by atoms with E-state index in [9.17, 15) is 0 Å². The van der Waals surface area contributed by atoms with Crippen LogP contribution < -0.4 is 10.5 Å². The van der Waals surface area contributed by atoms with Crippen LogP contribution >= 0.6 is 0 Å². The second-order valence-corrected chi connectivity index (χ2v) is 4.79. The van der Waals surface area contributed by atoms with Crippen LogP contribution in [-0.2, 0) is 13.2 Å². The van der Waals surface area contributed by atoms with Crippen molar-refractivity contribution in [2.45, 2.75) is 13.2 Å². The topological polar surface area (TPSA) is 35.2 Å².